The summed E-state index contributed by atoms with van der Waals surface area (Å²) in [5.74, 6) is -0.968. The van der Waals surface area contributed by atoms with E-state index in [0.29, 0.717) is 18.8 Å². The Morgan fingerprint density at radius 3 is 2.57 bits per heavy atom. The number of ether oxygens (including phenoxy) is 1. The zero-order valence-electron chi connectivity index (χ0n) is 19.7. The van der Waals surface area contributed by atoms with E-state index in [9.17, 15) is 18.4 Å². The van der Waals surface area contributed by atoms with E-state index < -0.39 is 11.6 Å². The van der Waals surface area contributed by atoms with Crippen LogP contribution in [0.4, 0.5) is 8.78 Å². The minimum atomic E-state index is -0.498. The maximum Gasteiger partial charge on any atom is 0.254 e. The Kier molecular flexibility index (Phi) is 7.80. The Balaban J connectivity index is 1.54. The summed E-state index contributed by atoms with van der Waals surface area (Å²) in [6, 6.07) is 13.1. The Hall–Kier alpha value is -3.26. The van der Waals surface area contributed by atoms with Gasteiger partial charge in [-0.05, 0) is 59.7 Å². The molecule has 0 saturated heterocycles. The van der Waals surface area contributed by atoms with Gasteiger partial charge in [0.2, 0.25) is 5.91 Å². The van der Waals surface area contributed by atoms with Crippen LogP contribution in [0.15, 0.2) is 60.0 Å². The molecular formula is C27H28F2N2O3S. The number of hydrogen-bond acceptors (Lipinski definition) is 4. The summed E-state index contributed by atoms with van der Waals surface area (Å²) in [6.07, 6.45) is 0.719. The highest BCUT2D eigenvalue weighted by Crippen LogP contribution is 2.34. The van der Waals surface area contributed by atoms with E-state index in [-0.39, 0.29) is 42.5 Å². The van der Waals surface area contributed by atoms with E-state index in [0.717, 1.165) is 12.0 Å². The smallest absolute Gasteiger partial charge is 0.254 e. The van der Waals surface area contributed by atoms with Crippen LogP contribution in [0.5, 0.6) is 5.75 Å². The fraction of sp³-hybridized carbons (Fsp3) is 0.333. The van der Waals surface area contributed by atoms with Gasteiger partial charge in [-0.15, -0.1) is 11.3 Å². The second-order valence-corrected chi connectivity index (χ2v) is 10.0. The molecule has 5 nitrogen and oxygen atoms in total. The topological polar surface area (TPSA) is 49.9 Å². The molecule has 0 N–H and O–H groups in total. The third kappa shape index (κ3) is 6.06. The first-order valence-electron chi connectivity index (χ1n) is 11.6. The maximum atomic E-state index is 13.7. The monoisotopic (exact) mass is 498 g/mol. The summed E-state index contributed by atoms with van der Waals surface area (Å²) in [7, 11) is 0. The Morgan fingerprint density at radius 2 is 1.86 bits per heavy atom. The number of thiophene rings is 1. The van der Waals surface area contributed by atoms with Crippen molar-refractivity contribution in [3.63, 3.8) is 0 Å². The number of fused-ring (bicyclic) bond motifs is 1. The second kappa shape index (κ2) is 11.0. The van der Waals surface area contributed by atoms with E-state index in [4.69, 9.17) is 4.74 Å². The van der Waals surface area contributed by atoms with Gasteiger partial charge in [0.15, 0.2) is 0 Å². The molecule has 0 unspecified atom stereocenters. The fourth-order valence-corrected chi connectivity index (χ4v) is 5.25. The van der Waals surface area contributed by atoms with Gasteiger partial charge in [-0.25, -0.2) is 8.78 Å². The number of hydrogen-bond donors (Lipinski definition) is 0. The molecule has 2 amide bonds. The molecule has 2 aromatic carbocycles. The molecule has 2 heterocycles. The molecule has 0 radical (unpaired) electrons. The van der Waals surface area contributed by atoms with Crippen molar-refractivity contribution in [1.82, 2.24) is 9.80 Å². The van der Waals surface area contributed by atoms with E-state index in [1.54, 1.807) is 34.4 Å². The molecule has 0 fully saturated rings. The Morgan fingerprint density at radius 1 is 1.11 bits per heavy atom. The average Bonchev–Trinajstić information content (AvgIpc) is 3.30. The number of amides is 2. The van der Waals surface area contributed by atoms with Crippen molar-refractivity contribution in [2.45, 2.75) is 26.3 Å². The third-order valence-electron chi connectivity index (χ3n) is 5.89. The Labute approximate surface area is 207 Å². The third-order valence-corrected chi connectivity index (χ3v) is 6.89. The molecule has 184 valence electrons. The highest BCUT2D eigenvalue weighted by molar-refractivity contribution is 7.10. The molecule has 3 aromatic rings. The molecule has 0 aliphatic carbocycles. The fourth-order valence-electron chi connectivity index (χ4n) is 4.32. The summed E-state index contributed by atoms with van der Waals surface area (Å²) in [5, 5.41) is 1.99. The van der Waals surface area contributed by atoms with Crippen LogP contribution in [0.25, 0.3) is 0 Å². The van der Waals surface area contributed by atoms with E-state index in [2.05, 4.69) is 0 Å². The average molecular weight is 499 g/mol. The van der Waals surface area contributed by atoms with Crippen molar-refractivity contribution in [2.75, 3.05) is 26.2 Å². The molecule has 4 rings (SSSR count). The SMILES string of the molecule is CC(C)CN(CC(=O)N1CCc2sccc2[C@H]1COc1cccc(F)c1)C(=O)c1cccc(F)c1. The molecule has 1 aliphatic heterocycles. The van der Waals surface area contributed by atoms with Crippen LogP contribution in [0.3, 0.4) is 0 Å². The number of nitrogens with zero attached hydrogens (tertiary/aromatic N) is 2. The Bertz CT molecular complexity index is 1200. The summed E-state index contributed by atoms with van der Waals surface area (Å²) in [4.78, 5) is 31.1. The van der Waals surface area contributed by atoms with Crippen molar-refractivity contribution < 1.29 is 23.1 Å². The van der Waals surface area contributed by atoms with E-state index in [1.165, 1.54) is 40.1 Å². The number of carbonyl (C=O) groups is 2. The van der Waals surface area contributed by atoms with Gasteiger partial charge in [-0.2, -0.15) is 0 Å². The molecule has 8 heteroatoms. The second-order valence-electron chi connectivity index (χ2n) is 9.01. The summed E-state index contributed by atoms with van der Waals surface area (Å²) in [6.45, 7) is 4.83. The first-order chi connectivity index (χ1) is 16.8. The lowest BCUT2D eigenvalue weighted by Gasteiger charge is -2.37. The summed E-state index contributed by atoms with van der Waals surface area (Å²) < 4.78 is 33.2. The van der Waals surface area contributed by atoms with Crippen LogP contribution in [0.1, 0.15) is 40.7 Å². The number of carbonyl (C=O) groups excluding carboxylic acids is 2. The predicted molar refractivity (Wildman–Crippen MR) is 132 cm³/mol. The zero-order valence-corrected chi connectivity index (χ0v) is 20.6. The highest BCUT2D eigenvalue weighted by atomic mass is 32.1. The molecular weight excluding hydrogens is 470 g/mol. The van der Waals surface area contributed by atoms with Crippen molar-refractivity contribution >= 4 is 23.2 Å². The van der Waals surface area contributed by atoms with Gasteiger partial charge in [0.1, 0.15) is 30.5 Å². The first kappa shape index (κ1) is 24.9. The lowest BCUT2D eigenvalue weighted by atomic mass is 10.00. The normalized spacial score (nSPS) is 15.1. The van der Waals surface area contributed by atoms with E-state index in [1.807, 2.05) is 25.3 Å². The molecule has 0 saturated carbocycles. The van der Waals surface area contributed by atoms with Crippen LogP contribution >= 0.6 is 11.3 Å². The van der Waals surface area contributed by atoms with Gasteiger partial charge >= 0.3 is 0 Å². The van der Waals surface area contributed by atoms with Crippen molar-refractivity contribution in [3.05, 3.63) is 87.6 Å². The lowest BCUT2D eigenvalue weighted by molar-refractivity contribution is -0.135. The van der Waals surface area contributed by atoms with Gasteiger partial charge in [0, 0.05) is 29.6 Å². The van der Waals surface area contributed by atoms with Crippen molar-refractivity contribution in [2.24, 2.45) is 5.92 Å². The molecule has 1 atom stereocenters. The molecule has 35 heavy (non-hydrogen) atoms. The lowest BCUT2D eigenvalue weighted by Crippen LogP contribution is -2.48. The quantitative estimate of drug-likeness (QED) is 0.422. The summed E-state index contributed by atoms with van der Waals surface area (Å²) >= 11 is 1.64. The first-order valence-corrected chi connectivity index (χ1v) is 12.5. The largest absolute Gasteiger partial charge is 0.491 e. The van der Waals surface area contributed by atoms with Gasteiger partial charge in [0.25, 0.3) is 5.91 Å². The minimum absolute atomic E-state index is 0.122. The zero-order chi connectivity index (χ0) is 24.9. The van der Waals surface area contributed by atoms with E-state index >= 15 is 0 Å². The summed E-state index contributed by atoms with van der Waals surface area (Å²) in [5.41, 5.74) is 1.22. The van der Waals surface area contributed by atoms with Gasteiger partial charge < -0.3 is 14.5 Å². The molecule has 1 aromatic heterocycles. The van der Waals surface area contributed by atoms with Crippen molar-refractivity contribution in [3.8, 4) is 5.75 Å². The molecule has 0 bridgehead atoms. The maximum absolute atomic E-state index is 13.7. The molecule has 1 aliphatic rings. The van der Waals surface area contributed by atoms with Crippen LogP contribution < -0.4 is 4.74 Å². The van der Waals surface area contributed by atoms with Gasteiger partial charge in [-0.3, -0.25) is 9.59 Å². The van der Waals surface area contributed by atoms with Crippen LogP contribution in [-0.2, 0) is 11.2 Å². The van der Waals surface area contributed by atoms with Gasteiger partial charge in [-0.1, -0.05) is 26.0 Å². The standard InChI is InChI=1S/C27H28F2N2O3S/c1-18(2)15-30(27(33)19-5-3-6-20(28)13-19)16-26(32)31-11-9-25-23(10-12-35-25)24(31)17-34-22-8-4-7-21(29)14-22/h3-8,10,12-14,18,24H,9,11,15-17H2,1-2H3/t24-/m1/s1. The van der Waals surface area contributed by atoms with Crippen molar-refractivity contribution in [1.29, 1.82) is 0 Å². The minimum Gasteiger partial charge on any atom is -0.491 e. The molecule has 0 spiro atoms. The highest BCUT2D eigenvalue weighted by Gasteiger charge is 2.34. The predicted octanol–water partition coefficient (Wildman–Crippen LogP) is 5.33. The number of halogens is 2. The van der Waals surface area contributed by atoms with Crippen LogP contribution in [0, 0.1) is 17.6 Å². The number of rotatable bonds is 8. The number of benzene rings is 2. The van der Waals surface area contributed by atoms with Gasteiger partial charge in [0.05, 0.1) is 6.04 Å². The van der Waals surface area contributed by atoms with Crippen LogP contribution in [0.2, 0.25) is 0 Å². The van der Waals surface area contributed by atoms with Crippen LogP contribution in [-0.4, -0.2) is 47.9 Å².